The monoisotopic (exact) mass is 526 g/mol. The molecule has 8 heteroatoms. The zero-order valence-electron chi connectivity index (χ0n) is 20.1. The van der Waals surface area contributed by atoms with Crippen molar-refractivity contribution in [3.05, 3.63) is 65.5 Å². The van der Waals surface area contributed by atoms with E-state index in [1.54, 1.807) is 28.5 Å². The molecule has 0 aliphatic heterocycles. The van der Waals surface area contributed by atoms with E-state index in [9.17, 15) is 8.78 Å². The number of anilines is 2. The largest absolute Gasteiger partial charge is 0.497 e. The summed E-state index contributed by atoms with van der Waals surface area (Å²) in [6.45, 7) is 0.481. The number of rotatable bonds is 8. The number of thiazole rings is 1. The van der Waals surface area contributed by atoms with Crippen molar-refractivity contribution in [2.24, 2.45) is 5.92 Å². The number of hydrogen-bond acceptors (Lipinski definition) is 5. The Morgan fingerprint density at radius 1 is 1.03 bits per heavy atom. The molecule has 0 spiro atoms. The first-order chi connectivity index (χ1) is 17.4. The Balaban J connectivity index is 1.32. The van der Waals surface area contributed by atoms with Gasteiger partial charge in [0.25, 0.3) is 5.66 Å². The molecule has 188 valence electrons. The molecule has 0 amide bonds. The van der Waals surface area contributed by atoms with E-state index in [1.807, 2.05) is 35.7 Å². The molecule has 1 unspecified atom stereocenters. The highest BCUT2D eigenvalue weighted by atomic mass is 32.1. The molecule has 0 bridgehead atoms. The lowest BCUT2D eigenvalue weighted by Gasteiger charge is -2.23. The predicted octanol–water partition coefficient (Wildman–Crippen LogP) is 8.60. The maximum absolute atomic E-state index is 14.4. The lowest BCUT2D eigenvalue weighted by atomic mass is 9.90. The van der Waals surface area contributed by atoms with Gasteiger partial charge in [0.15, 0.2) is 5.13 Å². The molecule has 36 heavy (non-hydrogen) atoms. The van der Waals surface area contributed by atoms with Crippen LogP contribution in [-0.4, -0.2) is 18.7 Å². The average Bonchev–Trinajstić information content (AvgIpc) is 3.35. The third-order valence-corrected chi connectivity index (χ3v) is 7.71. The summed E-state index contributed by atoms with van der Waals surface area (Å²) in [4.78, 5) is 4.69. The van der Waals surface area contributed by atoms with E-state index in [4.69, 9.17) is 9.47 Å². The summed E-state index contributed by atoms with van der Waals surface area (Å²) in [5.74, 6) is 1.49. The van der Waals surface area contributed by atoms with Gasteiger partial charge in [-0.25, -0.2) is 4.98 Å². The van der Waals surface area contributed by atoms with Crippen LogP contribution >= 0.6 is 20.6 Å². The van der Waals surface area contributed by atoms with Gasteiger partial charge in [-0.15, -0.1) is 11.3 Å². The summed E-state index contributed by atoms with van der Waals surface area (Å²) in [6, 6.07) is 16.9. The molecule has 1 heterocycles. The highest BCUT2D eigenvalue weighted by Gasteiger charge is 2.30. The normalized spacial score (nSPS) is 14.7. The number of halogens is 2. The van der Waals surface area contributed by atoms with E-state index in [1.165, 1.54) is 36.7 Å². The molecular weight excluding hydrogens is 497 g/mol. The summed E-state index contributed by atoms with van der Waals surface area (Å²) >= 11 is 1.43. The van der Waals surface area contributed by atoms with E-state index in [0.29, 0.717) is 23.3 Å². The fourth-order valence-corrected chi connectivity index (χ4v) is 5.62. The van der Waals surface area contributed by atoms with Crippen molar-refractivity contribution in [1.29, 1.82) is 0 Å². The summed E-state index contributed by atoms with van der Waals surface area (Å²) in [5.41, 5.74) is -0.884. The molecular formula is C28H29F2N2O2PS. The maximum atomic E-state index is 14.4. The fraction of sp³-hybridized carbons (Fsp3) is 0.321. The van der Waals surface area contributed by atoms with Gasteiger partial charge in [-0.3, -0.25) is 0 Å². The van der Waals surface area contributed by atoms with Gasteiger partial charge in [-0.05, 0) is 65.9 Å². The summed E-state index contributed by atoms with van der Waals surface area (Å²) in [5, 5.41) is 7.95. The van der Waals surface area contributed by atoms with Crippen LogP contribution in [0.2, 0.25) is 0 Å². The Hall–Kier alpha value is -2.76. The molecule has 4 aromatic rings. The second-order valence-corrected chi connectivity index (χ2v) is 10.8. The van der Waals surface area contributed by atoms with Crippen LogP contribution in [0.1, 0.15) is 37.7 Å². The first-order valence-corrected chi connectivity index (χ1v) is 13.6. The van der Waals surface area contributed by atoms with E-state index in [2.05, 4.69) is 16.4 Å². The quantitative estimate of drug-likeness (QED) is 0.234. The van der Waals surface area contributed by atoms with Gasteiger partial charge in [-0.1, -0.05) is 46.7 Å². The van der Waals surface area contributed by atoms with Crippen LogP contribution in [0, 0.1) is 5.92 Å². The first kappa shape index (κ1) is 24.9. The zero-order chi connectivity index (χ0) is 25.1. The second kappa shape index (κ2) is 10.7. The minimum Gasteiger partial charge on any atom is -0.497 e. The Morgan fingerprint density at radius 2 is 1.81 bits per heavy atom. The van der Waals surface area contributed by atoms with Crippen LogP contribution in [0.5, 0.6) is 11.5 Å². The predicted molar refractivity (Wildman–Crippen MR) is 147 cm³/mol. The number of fused-ring (bicyclic) bond motifs is 1. The molecule has 5 rings (SSSR count). The number of methoxy groups -OCH3 is 1. The standard InChI is InChI=1S/C28H29F2N2O2PS/c1-33-23-11-9-19-13-21(8-7-20(19)14-23)25-17-36-27(32-25)31-22-10-12-26(24(15-22)28(29,30)35)34-16-18-5-3-2-4-6-18/h7-15,17-18H,2-6,16,35H2,1H3,(H,31,32). The molecule has 3 aromatic carbocycles. The average molecular weight is 527 g/mol. The summed E-state index contributed by atoms with van der Waals surface area (Å²) < 4.78 is 40.0. The van der Waals surface area contributed by atoms with E-state index >= 15 is 0 Å². The molecule has 1 N–H and O–H groups in total. The lowest BCUT2D eigenvalue weighted by molar-refractivity contribution is 0.0971. The van der Waals surface area contributed by atoms with E-state index in [-0.39, 0.29) is 11.3 Å². The van der Waals surface area contributed by atoms with Gasteiger partial charge in [0.05, 0.1) is 25.0 Å². The van der Waals surface area contributed by atoms with Crippen LogP contribution < -0.4 is 14.8 Å². The minimum absolute atomic E-state index is 0.143. The number of nitrogens with one attached hydrogen (secondary N) is 1. The third kappa shape index (κ3) is 5.79. The number of alkyl halides is 2. The van der Waals surface area contributed by atoms with Crippen molar-refractivity contribution in [2.45, 2.75) is 37.8 Å². The zero-order valence-corrected chi connectivity index (χ0v) is 22.1. The van der Waals surface area contributed by atoms with E-state index < -0.39 is 5.66 Å². The van der Waals surface area contributed by atoms with Crippen LogP contribution in [0.3, 0.4) is 0 Å². The molecule has 1 aliphatic carbocycles. The van der Waals surface area contributed by atoms with Gasteiger partial charge in [0.2, 0.25) is 0 Å². The second-order valence-electron chi connectivity index (χ2n) is 9.24. The molecule has 1 fully saturated rings. The number of nitrogens with zero attached hydrogens (tertiary/aromatic N) is 1. The number of hydrogen-bond donors (Lipinski definition) is 1. The molecule has 1 saturated carbocycles. The van der Waals surface area contributed by atoms with Gasteiger partial charge in [0.1, 0.15) is 11.5 Å². The number of ether oxygens (including phenoxy) is 2. The van der Waals surface area contributed by atoms with Crippen LogP contribution in [0.4, 0.5) is 19.6 Å². The highest BCUT2D eigenvalue weighted by Crippen LogP contribution is 2.42. The van der Waals surface area contributed by atoms with Crippen molar-refractivity contribution < 1.29 is 18.3 Å². The molecule has 1 aliphatic rings. The van der Waals surface area contributed by atoms with Gasteiger partial charge < -0.3 is 14.8 Å². The highest BCUT2D eigenvalue weighted by molar-refractivity contribution is 7.17. The maximum Gasteiger partial charge on any atom is 0.287 e. The minimum atomic E-state index is -3.10. The molecule has 1 aromatic heterocycles. The van der Waals surface area contributed by atoms with Gasteiger partial charge >= 0.3 is 0 Å². The van der Waals surface area contributed by atoms with Crippen LogP contribution in [0.15, 0.2) is 60.0 Å². The Kier molecular flexibility index (Phi) is 7.40. The first-order valence-electron chi connectivity index (χ1n) is 12.1. The number of aromatic nitrogens is 1. The Morgan fingerprint density at radius 3 is 2.58 bits per heavy atom. The van der Waals surface area contributed by atoms with Crippen LogP contribution in [0.25, 0.3) is 22.0 Å². The van der Waals surface area contributed by atoms with Gasteiger partial charge in [0, 0.05) is 16.6 Å². The topological polar surface area (TPSA) is 43.4 Å². The lowest BCUT2D eigenvalue weighted by Crippen LogP contribution is -2.17. The van der Waals surface area contributed by atoms with Crippen molar-refractivity contribution in [3.63, 3.8) is 0 Å². The van der Waals surface area contributed by atoms with Crippen molar-refractivity contribution >= 4 is 42.2 Å². The van der Waals surface area contributed by atoms with Crippen LogP contribution in [-0.2, 0) is 5.66 Å². The van der Waals surface area contributed by atoms with Crippen molar-refractivity contribution in [3.8, 4) is 22.8 Å². The Labute approximate surface area is 216 Å². The van der Waals surface area contributed by atoms with E-state index in [0.717, 1.165) is 40.6 Å². The fourth-order valence-electron chi connectivity index (χ4n) is 4.65. The van der Waals surface area contributed by atoms with Gasteiger partial charge in [-0.2, -0.15) is 8.78 Å². The molecule has 4 nitrogen and oxygen atoms in total. The SMILES string of the molecule is COc1ccc2cc(-c3csc(Nc4ccc(OCC5CCCCC5)c(C(F)(F)P)c4)n3)ccc2c1. The molecule has 0 radical (unpaired) electrons. The smallest absolute Gasteiger partial charge is 0.287 e. The third-order valence-electron chi connectivity index (χ3n) is 6.64. The summed E-state index contributed by atoms with van der Waals surface area (Å²) in [6.07, 6.45) is 5.83. The summed E-state index contributed by atoms with van der Waals surface area (Å²) in [7, 11) is 3.28. The molecule has 1 atom stereocenters. The molecule has 0 saturated heterocycles. The van der Waals surface area contributed by atoms with Crippen molar-refractivity contribution in [1.82, 2.24) is 4.98 Å². The Bertz CT molecular complexity index is 1350. The number of benzene rings is 3. The van der Waals surface area contributed by atoms with Crippen molar-refractivity contribution in [2.75, 3.05) is 19.0 Å².